The fraction of sp³-hybridized carbons (Fsp3) is 0.261. The van der Waals surface area contributed by atoms with E-state index in [1.54, 1.807) is 36.7 Å². The highest BCUT2D eigenvalue weighted by Crippen LogP contribution is 2.14. The van der Waals surface area contributed by atoms with E-state index in [1.165, 1.54) is 6.07 Å². The number of H-pyrrole nitrogens is 1. The van der Waals surface area contributed by atoms with Crippen LogP contribution in [0.3, 0.4) is 0 Å². The quantitative estimate of drug-likeness (QED) is 0.626. The standard InChI is InChI=1S/C23H24N6O3/c1-28-10-12-29(13-11-28)23(32)18-4-2-16(3-5-18)15-25-21(30)19-14-20(26-27-22(19)31)17-6-8-24-9-7-17/h2-9,14H,10-13,15H2,1H3,(H,25,30)(H,27,31). The zero-order valence-corrected chi connectivity index (χ0v) is 17.7. The largest absolute Gasteiger partial charge is 0.348 e. The van der Waals surface area contributed by atoms with E-state index < -0.39 is 11.5 Å². The number of carbonyl (C=O) groups excluding carboxylic acids is 2. The van der Waals surface area contributed by atoms with E-state index in [1.807, 2.05) is 24.1 Å². The number of pyridine rings is 1. The van der Waals surface area contributed by atoms with Crippen molar-refractivity contribution < 1.29 is 9.59 Å². The monoisotopic (exact) mass is 432 g/mol. The van der Waals surface area contributed by atoms with Crippen LogP contribution in [-0.2, 0) is 6.54 Å². The van der Waals surface area contributed by atoms with Gasteiger partial charge in [-0.25, -0.2) is 5.10 Å². The molecule has 3 aromatic rings. The topological polar surface area (TPSA) is 111 Å². The lowest BCUT2D eigenvalue weighted by atomic mass is 10.1. The molecule has 0 aliphatic carbocycles. The first-order valence-corrected chi connectivity index (χ1v) is 10.4. The van der Waals surface area contributed by atoms with Crippen molar-refractivity contribution in [3.63, 3.8) is 0 Å². The molecule has 1 saturated heterocycles. The van der Waals surface area contributed by atoms with E-state index in [4.69, 9.17) is 0 Å². The average molecular weight is 432 g/mol. The molecule has 0 saturated carbocycles. The van der Waals surface area contributed by atoms with Crippen molar-refractivity contribution in [1.29, 1.82) is 0 Å². The smallest absolute Gasteiger partial charge is 0.277 e. The maximum absolute atomic E-state index is 12.6. The molecule has 9 nitrogen and oxygen atoms in total. The van der Waals surface area contributed by atoms with Crippen LogP contribution in [0.2, 0.25) is 0 Å². The third-order valence-corrected chi connectivity index (χ3v) is 5.47. The van der Waals surface area contributed by atoms with Crippen LogP contribution in [-0.4, -0.2) is 70.0 Å². The number of hydrogen-bond donors (Lipinski definition) is 2. The fourth-order valence-corrected chi connectivity index (χ4v) is 3.48. The van der Waals surface area contributed by atoms with E-state index in [-0.39, 0.29) is 18.0 Å². The maximum atomic E-state index is 12.6. The molecule has 164 valence electrons. The highest BCUT2D eigenvalue weighted by molar-refractivity contribution is 5.95. The number of piperazine rings is 1. The summed E-state index contributed by atoms with van der Waals surface area (Å²) in [5.41, 5.74) is 2.09. The molecule has 2 N–H and O–H groups in total. The molecule has 0 atom stereocenters. The van der Waals surface area contributed by atoms with Gasteiger partial charge < -0.3 is 15.1 Å². The van der Waals surface area contributed by atoms with Crippen molar-refractivity contribution in [2.75, 3.05) is 33.2 Å². The Kier molecular flexibility index (Phi) is 6.37. The molecule has 0 spiro atoms. The van der Waals surface area contributed by atoms with E-state index in [2.05, 4.69) is 25.4 Å². The van der Waals surface area contributed by atoms with Crippen LogP contribution >= 0.6 is 0 Å². The fourth-order valence-electron chi connectivity index (χ4n) is 3.48. The van der Waals surface area contributed by atoms with Crippen molar-refractivity contribution in [1.82, 2.24) is 30.3 Å². The number of amides is 2. The van der Waals surface area contributed by atoms with Crippen molar-refractivity contribution in [2.24, 2.45) is 0 Å². The van der Waals surface area contributed by atoms with Gasteiger partial charge in [-0.2, -0.15) is 5.10 Å². The van der Waals surface area contributed by atoms with Crippen LogP contribution in [0, 0.1) is 0 Å². The number of nitrogens with one attached hydrogen (secondary N) is 2. The van der Waals surface area contributed by atoms with Gasteiger partial charge in [0.15, 0.2) is 0 Å². The molecule has 1 aliphatic rings. The van der Waals surface area contributed by atoms with Gasteiger partial charge in [0.2, 0.25) is 0 Å². The number of rotatable bonds is 5. The normalized spacial score (nSPS) is 14.2. The molecule has 2 amide bonds. The van der Waals surface area contributed by atoms with E-state index >= 15 is 0 Å². The highest BCUT2D eigenvalue weighted by Gasteiger charge is 2.20. The zero-order valence-electron chi connectivity index (χ0n) is 17.7. The second-order valence-corrected chi connectivity index (χ2v) is 7.71. The minimum absolute atomic E-state index is 0.0145. The Hall–Kier alpha value is -3.85. The van der Waals surface area contributed by atoms with Gasteiger partial charge in [-0.3, -0.25) is 19.4 Å². The van der Waals surface area contributed by atoms with Gasteiger partial charge in [0.25, 0.3) is 17.4 Å². The molecule has 2 aromatic heterocycles. The predicted molar refractivity (Wildman–Crippen MR) is 119 cm³/mol. The van der Waals surface area contributed by atoms with Gasteiger partial charge in [-0.1, -0.05) is 12.1 Å². The lowest BCUT2D eigenvalue weighted by Crippen LogP contribution is -2.47. The minimum Gasteiger partial charge on any atom is -0.348 e. The first kappa shape index (κ1) is 21.4. The van der Waals surface area contributed by atoms with E-state index in [0.717, 1.165) is 37.3 Å². The van der Waals surface area contributed by atoms with Gasteiger partial charge >= 0.3 is 0 Å². The molecular formula is C23H24N6O3. The third kappa shape index (κ3) is 4.89. The molecule has 0 radical (unpaired) electrons. The number of nitrogens with zero attached hydrogens (tertiary/aromatic N) is 4. The minimum atomic E-state index is -0.562. The number of carbonyl (C=O) groups is 2. The van der Waals surface area contributed by atoms with Crippen LogP contribution in [0.1, 0.15) is 26.3 Å². The van der Waals surface area contributed by atoms with Gasteiger partial charge in [-0.05, 0) is 42.9 Å². The Morgan fingerprint density at radius 1 is 1.03 bits per heavy atom. The van der Waals surface area contributed by atoms with Gasteiger partial charge in [0.05, 0.1) is 5.69 Å². The van der Waals surface area contributed by atoms with Gasteiger partial charge in [0.1, 0.15) is 5.56 Å². The first-order valence-electron chi connectivity index (χ1n) is 10.4. The second kappa shape index (κ2) is 9.52. The molecule has 32 heavy (non-hydrogen) atoms. The first-order chi connectivity index (χ1) is 15.5. The molecule has 9 heteroatoms. The maximum Gasteiger partial charge on any atom is 0.277 e. The summed E-state index contributed by atoms with van der Waals surface area (Å²) in [5.74, 6) is -0.484. The Labute approximate surface area is 185 Å². The van der Waals surface area contributed by atoms with Crippen molar-refractivity contribution >= 4 is 11.8 Å². The Morgan fingerprint density at radius 3 is 2.41 bits per heavy atom. The highest BCUT2D eigenvalue weighted by atomic mass is 16.2. The molecule has 1 aliphatic heterocycles. The summed E-state index contributed by atoms with van der Waals surface area (Å²) in [6.45, 7) is 3.40. The van der Waals surface area contributed by atoms with Crippen LogP contribution < -0.4 is 10.9 Å². The van der Waals surface area contributed by atoms with Crippen LogP contribution in [0.25, 0.3) is 11.3 Å². The molecule has 4 rings (SSSR count). The SMILES string of the molecule is CN1CCN(C(=O)c2ccc(CNC(=O)c3cc(-c4ccncc4)n[nH]c3=O)cc2)CC1. The van der Waals surface area contributed by atoms with E-state index in [0.29, 0.717) is 11.3 Å². The lowest BCUT2D eigenvalue weighted by molar-refractivity contribution is 0.0664. The zero-order chi connectivity index (χ0) is 22.5. The average Bonchev–Trinajstić information content (AvgIpc) is 2.84. The van der Waals surface area contributed by atoms with Crippen LogP contribution in [0.15, 0.2) is 59.7 Å². The van der Waals surface area contributed by atoms with Crippen LogP contribution in [0.4, 0.5) is 0 Å². The Bertz CT molecular complexity index is 1150. The van der Waals surface area contributed by atoms with Crippen LogP contribution in [0.5, 0.6) is 0 Å². The van der Waals surface area contributed by atoms with Crippen molar-refractivity contribution in [2.45, 2.75) is 6.54 Å². The summed E-state index contributed by atoms with van der Waals surface area (Å²) >= 11 is 0. The summed E-state index contributed by atoms with van der Waals surface area (Å²) in [6.07, 6.45) is 3.22. The molecule has 1 fully saturated rings. The summed E-state index contributed by atoms with van der Waals surface area (Å²) < 4.78 is 0. The summed E-state index contributed by atoms with van der Waals surface area (Å²) in [6, 6.07) is 12.1. The Balaban J connectivity index is 1.39. The number of likely N-dealkylation sites (N-methyl/N-ethyl adjacent to an activating group) is 1. The summed E-state index contributed by atoms with van der Waals surface area (Å²) in [4.78, 5) is 45.4. The third-order valence-electron chi connectivity index (χ3n) is 5.47. The van der Waals surface area contributed by atoms with Crippen molar-refractivity contribution in [3.8, 4) is 11.3 Å². The Morgan fingerprint density at radius 2 is 1.72 bits per heavy atom. The van der Waals surface area contributed by atoms with Gasteiger partial charge in [0, 0.05) is 56.2 Å². The second-order valence-electron chi connectivity index (χ2n) is 7.71. The molecule has 0 bridgehead atoms. The number of aromatic amines is 1. The van der Waals surface area contributed by atoms with E-state index in [9.17, 15) is 14.4 Å². The molecule has 0 unspecified atom stereocenters. The lowest BCUT2D eigenvalue weighted by Gasteiger charge is -2.32. The van der Waals surface area contributed by atoms with Gasteiger partial charge in [-0.15, -0.1) is 0 Å². The number of benzene rings is 1. The predicted octanol–water partition coefficient (Wildman–Crippen LogP) is 1.15. The summed E-state index contributed by atoms with van der Waals surface area (Å²) in [5, 5.41) is 9.11. The molecule has 1 aromatic carbocycles. The van der Waals surface area contributed by atoms with Crippen molar-refractivity contribution in [3.05, 3.63) is 81.9 Å². The summed E-state index contributed by atoms with van der Waals surface area (Å²) in [7, 11) is 2.05. The molecular weight excluding hydrogens is 408 g/mol. The number of aromatic nitrogens is 3. The molecule has 3 heterocycles. The number of hydrogen-bond acceptors (Lipinski definition) is 6.